The number of H-pyrrole nitrogens is 1. The van der Waals surface area contributed by atoms with E-state index in [2.05, 4.69) is 66.3 Å². The highest BCUT2D eigenvalue weighted by Crippen LogP contribution is 2.36. The minimum absolute atomic E-state index is 0.993. The summed E-state index contributed by atoms with van der Waals surface area (Å²) in [6.45, 7) is 4.16. The van der Waals surface area contributed by atoms with Crippen molar-refractivity contribution in [2.24, 2.45) is 0 Å². The van der Waals surface area contributed by atoms with Gasteiger partial charge in [-0.2, -0.15) is 0 Å². The molecule has 0 bridgehead atoms. The fraction of sp³-hybridized carbons (Fsp3) is 0.222. The van der Waals surface area contributed by atoms with Crippen molar-refractivity contribution >= 4 is 10.9 Å². The number of hydrogen-bond donors (Lipinski definition) is 1. The molecule has 2 heterocycles. The van der Waals surface area contributed by atoms with Crippen LogP contribution in [0.3, 0.4) is 0 Å². The van der Waals surface area contributed by atoms with Gasteiger partial charge in [0.1, 0.15) is 0 Å². The van der Waals surface area contributed by atoms with Gasteiger partial charge in [-0.3, -0.25) is 4.90 Å². The van der Waals surface area contributed by atoms with E-state index in [-0.39, 0.29) is 0 Å². The summed E-state index contributed by atoms with van der Waals surface area (Å²) < 4.78 is 0. The summed E-state index contributed by atoms with van der Waals surface area (Å²) in [5.74, 6) is 0. The van der Waals surface area contributed by atoms with E-state index >= 15 is 0 Å². The minimum atomic E-state index is 0.993. The highest BCUT2D eigenvalue weighted by molar-refractivity contribution is 5.91. The van der Waals surface area contributed by atoms with Crippen LogP contribution >= 0.6 is 0 Å². The SMILES string of the molecule is Cc1ccc2c(c1)CN(C)Cc1c-2[nH]c2ccccc12. The summed E-state index contributed by atoms with van der Waals surface area (Å²) in [5.41, 5.74) is 8.05. The summed E-state index contributed by atoms with van der Waals surface area (Å²) in [6.07, 6.45) is 0. The van der Waals surface area contributed by atoms with Gasteiger partial charge in [0.05, 0.1) is 5.69 Å². The van der Waals surface area contributed by atoms with Crippen LogP contribution in [-0.2, 0) is 13.1 Å². The smallest absolute Gasteiger partial charge is 0.0513 e. The zero-order chi connectivity index (χ0) is 13.7. The molecule has 1 aliphatic heterocycles. The van der Waals surface area contributed by atoms with Crippen LogP contribution in [0.2, 0.25) is 0 Å². The van der Waals surface area contributed by atoms with Crippen LogP contribution in [-0.4, -0.2) is 16.9 Å². The molecule has 0 atom stereocenters. The molecule has 0 spiro atoms. The number of benzene rings is 2. The Morgan fingerprint density at radius 1 is 1.05 bits per heavy atom. The molecule has 0 fully saturated rings. The van der Waals surface area contributed by atoms with E-state index in [1.54, 1.807) is 0 Å². The molecule has 0 amide bonds. The second-order valence-corrected chi connectivity index (χ2v) is 5.86. The van der Waals surface area contributed by atoms with Gasteiger partial charge in [0, 0.05) is 29.6 Å². The number of aryl methyl sites for hydroxylation is 1. The maximum absolute atomic E-state index is 3.63. The lowest BCUT2D eigenvalue weighted by Gasteiger charge is -2.14. The zero-order valence-electron chi connectivity index (χ0n) is 11.9. The molecule has 1 aliphatic rings. The van der Waals surface area contributed by atoms with Gasteiger partial charge in [-0.15, -0.1) is 0 Å². The van der Waals surface area contributed by atoms with Crippen molar-refractivity contribution in [3.05, 3.63) is 59.2 Å². The van der Waals surface area contributed by atoms with Crippen molar-refractivity contribution in [2.45, 2.75) is 20.0 Å². The first-order chi connectivity index (χ1) is 9.72. The highest BCUT2D eigenvalue weighted by Gasteiger charge is 2.21. The summed E-state index contributed by atoms with van der Waals surface area (Å²) in [4.78, 5) is 6.02. The number of hydrogen-bond acceptors (Lipinski definition) is 1. The van der Waals surface area contributed by atoms with E-state index < -0.39 is 0 Å². The van der Waals surface area contributed by atoms with Gasteiger partial charge in [-0.05, 0) is 31.2 Å². The molecule has 3 aromatic rings. The van der Waals surface area contributed by atoms with Crippen LogP contribution in [0.15, 0.2) is 42.5 Å². The fourth-order valence-corrected chi connectivity index (χ4v) is 3.31. The molecule has 2 nitrogen and oxygen atoms in total. The van der Waals surface area contributed by atoms with Crippen LogP contribution in [0, 0.1) is 6.92 Å². The Bertz CT molecular complexity index is 798. The molecule has 0 saturated carbocycles. The topological polar surface area (TPSA) is 19.0 Å². The van der Waals surface area contributed by atoms with Crippen LogP contribution in [0.25, 0.3) is 22.2 Å². The fourth-order valence-electron chi connectivity index (χ4n) is 3.31. The van der Waals surface area contributed by atoms with E-state index in [0.717, 1.165) is 13.1 Å². The Kier molecular flexibility index (Phi) is 2.48. The van der Waals surface area contributed by atoms with E-state index in [1.165, 1.54) is 38.9 Å². The largest absolute Gasteiger partial charge is 0.354 e. The van der Waals surface area contributed by atoms with Crippen molar-refractivity contribution < 1.29 is 0 Å². The summed E-state index contributed by atoms with van der Waals surface area (Å²) in [7, 11) is 2.20. The molecule has 1 N–H and O–H groups in total. The van der Waals surface area contributed by atoms with E-state index in [1.807, 2.05) is 0 Å². The van der Waals surface area contributed by atoms with Crippen LogP contribution < -0.4 is 0 Å². The molecule has 2 heteroatoms. The summed E-state index contributed by atoms with van der Waals surface area (Å²) >= 11 is 0. The third-order valence-electron chi connectivity index (χ3n) is 4.21. The molecule has 0 aliphatic carbocycles. The molecule has 0 saturated heterocycles. The Balaban J connectivity index is 2.06. The number of rotatable bonds is 0. The average Bonchev–Trinajstić information content (AvgIpc) is 2.71. The Hall–Kier alpha value is -2.06. The second-order valence-electron chi connectivity index (χ2n) is 5.86. The van der Waals surface area contributed by atoms with Crippen LogP contribution in [0.5, 0.6) is 0 Å². The van der Waals surface area contributed by atoms with Crippen molar-refractivity contribution in [3.8, 4) is 11.3 Å². The van der Waals surface area contributed by atoms with Crippen molar-refractivity contribution in [3.63, 3.8) is 0 Å². The van der Waals surface area contributed by atoms with E-state index in [4.69, 9.17) is 0 Å². The number of nitrogens with one attached hydrogen (secondary N) is 1. The lowest BCUT2D eigenvalue weighted by atomic mass is 10.0. The van der Waals surface area contributed by atoms with Gasteiger partial charge >= 0.3 is 0 Å². The lowest BCUT2D eigenvalue weighted by Crippen LogP contribution is -2.15. The highest BCUT2D eigenvalue weighted by atomic mass is 15.1. The molecular weight excluding hydrogens is 244 g/mol. The predicted octanol–water partition coefficient (Wildman–Crippen LogP) is 4.09. The Morgan fingerprint density at radius 2 is 1.90 bits per heavy atom. The number of para-hydroxylation sites is 1. The van der Waals surface area contributed by atoms with Gasteiger partial charge in [-0.25, -0.2) is 0 Å². The minimum Gasteiger partial charge on any atom is -0.354 e. The van der Waals surface area contributed by atoms with Crippen molar-refractivity contribution in [2.75, 3.05) is 7.05 Å². The first kappa shape index (κ1) is 11.7. The van der Waals surface area contributed by atoms with Crippen LogP contribution in [0.1, 0.15) is 16.7 Å². The molecule has 2 aromatic carbocycles. The first-order valence-electron chi connectivity index (χ1n) is 7.10. The number of nitrogens with zero attached hydrogens (tertiary/aromatic N) is 1. The van der Waals surface area contributed by atoms with E-state index in [9.17, 15) is 0 Å². The zero-order valence-corrected chi connectivity index (χ0v) is 11.9. The van der Waals surface area contributed by atoms with E-state index in [0.29, 0.717) is 0 Å². The molecular formula is C18H18N2. The first-order valence-corrected chi connectivity index (χ1v) is 7.10. The van der Waals surface area contributed by atoms with Crippen molar-refractivity contribution in [1.29, 1.82) is 0 Å². The third kappa shape index (κ3) is 1.69. The quantitative estimate of drug-likeness (QED) is 0.646. The summed E-state index contributed by atoms with van der Waals surface area (Å²) in [6, 6.07) is 15.4. The third-order valence-corrected chi connectivity index (χ3v) is 4.21. The molecule has 0 radical (unpaired) electrons. The predicted molar refractivity (Wildman–Crippen MR) is 83.6 cm³/mol. The lowest BCUT2D eigenvalue weighted by molar-refractivity contribution is 0.324. The van der Waals surface area contributed by atoms with Gasteiger partial charge in [0.25, 0.3) is 0 Å². The van der Waals surface area contributed by atoms with Gasteiger partial charge in [0.2, 0.25) is 0 Å². The molecule has 100 valence electrons. The number of fused-ring (bicyclic) bond motifs is 5. The van der Waals surface area contributed by atoms with Gasteiger partial charge in [0.15, 0.2) is 0 Å². The standard InChI is InChI=1S/C18H18N2/c1-12-7-8-14-13(9-12)10-20(2)11-16-15-5-3-4-6-17(15)19-18(14)16/h3-9,19H,10-11H2,1-2H3. The van der Waals surface area contributed by atoms with Crippen molar-refractivity contribution in [1.82, 2.24) is 9.88 Å². The normalized spacial score (nSPS) is 14.9. The van der Waals surface area contributed by atoms with Gasteiger partial charge in [-0.1, -0.05) is 42.0 Å². The monoisotopic (exact) mass is 262 g/mol. The average molecular weight is 262 g/mol. The number of aromatic amines is 1. The number of aromatic nitrogens is 1. The summed E-state index contributed by atoms with van der Waals surface area (Å²) in [5, 5.41) is 1.35. The Morgan fingerprint density at radius 3 is 2.80 bits per heavy atom. The second kappa shape index (κ2) is 4.22. The molecule has 0 unspecified atom stereocenters. The maximum Gasteiger partial charge on any atom is 0.0513 e. The molecule has 20 heavy (non-hydrogen) atoms. The van der Waals surface area contributed by atoms with Crippen LogP contribution in [0.4, 0.5) is 0 Å². The molecule has 4 rings (SSSR count). The van der Waals surface area contributed by atoms with Gasteiger partial charge < -0.3 is 4.98 Å². The molecule has 1 aromatic heterocycles. The Labute approximate surface area is 119 Å². The maximum atomic E-state index is 3.63.